The Morgan fingerprint density at radius 3 is 2.78 bits per heavy atom. The second-order valence-corrected chi connectivity index (χ2v) is 7.15. The van der Waals surface area contributed by atoms with Crippen LogP contribution >= 0.6 is 0 Å². The highest BCUT2D eigenvalue weighted by molar-refractivity contribution is 5.83. The van der Waals surface area contributed by atoms with Crippen molar-refractivity contribution in [3.05, 3.63) is 45.8 Å². The lowest BCUT2D eigenvalue weighted by Gasteiger charge is -2.21. The first-order valence-electron chi connectivity index (χ1n) is 9.21. The van der Waals surface area contributed by atoms with Gasteiger partial charge in [0, 0.05) is 23.1 Å². The smallest absolute Gasteiger partial charge is 0.343 e. The van der Waals surface area contributed by atoms with Gasteiger partial charge in [0.25, 0.3) is 0 Å². The van der Waals surface area contributed by atoms with E-state index in [0.29, 0.717) is 22.9 Å². The van der Waals surface area contributed by atoms with Gasteiger partial charge in [-0.15, -0.1) is 0 Å². The normalized spacial score (nSPS) is 18.1. The molecule has 1 saturated heterocycles. The fourth-order valence-corrected chi connectivity index (χ4v) is 3.57. The van der Waals surface area contributed by atoms with E-state index in [0.717, 1.165) is 24.1 Å². The number of ether oxygens (including phenoxy) is 1. The van der Waals surface area contributed by atoms with Gasteiger partial charge < -0.3 is 24.0 Å². The van der Waals surface area contributed by atoms with Crippen LogP contribution in [0.5, 0.6) is 11.5 Å². The topological polar surface area (TPSA) is 84.8 Å². The summed E-state index contributed by atoms with van der Waals surface area (Å²) in [5.41, 5.74) is 0.729. The average Bonchev–Trinajstić information content (AvgIpc) is 3.32. The van der Waals surface area contributed by atoms with Gasteiger partial charge in [-0.05, 0) is 58.4 Å². The maximum Gasteiger partial charge on any atom is 0.343 e. The van der Waals surface area contributed by atoms with E-state index in [4.69, 9.17) is 13.6 Å². The van der Waals surface area contributed by atoms with Gasteiger partial charge in [0.2, 0.25) is 0 Å². The molecule has 0 bridgehead atoms. The number of rotatable bonds is 4. The summed E-state index contributed by atoms with van der Waals surface area (Å²) in [5.74, 6) is 1.31. The van der Waals surface area contributed by atoms with Gasteiger partial charge in [0.1, 0.15) is 23.2 Å². The Balaban J connectivity index is 1.66. The maximum absolute atomic E-state index is 11.9. The number of aromatic hydroxyl groups is 1. The zero-order valence-electron chi connectivity index (χ0n) is 15.7. The number of benzene rings is 1. The van der Waals surface area contributed by atoms with E-state index in [1.165, 1.54) is 13.3 Å². The summed E-state index contributed by atoms with van der Waals surface area (Å²) in [4.78, 5) is 11.9. The lowest BCUT2D eigenvalue weighted by Crippen LogP contribution is -2.36. The molecule has 2 N–H and O–H groups in total. The summed E-state index contributed by atoms with van der Waals surface area (Å²) >= 11 is 0. The molecule has 0 amide bonds. The van der Waals surface area contributed by atoms with E-state index < -0.39 is 5.63 Å². The SMILES string of the molecule is Cc1c(-c2cc3ccc(OC(C)C4CCCN4)cc3o2)oc(=O)c(C)c1O. The number of fused-ring (bicyclic) bond motifs is 1. The number of furan rings is 1. The van der Waals surface area contributed by atoms with Crippen LogP contribution in [0.1, 0.15) is 30.9 Å². The maximum atomic E-state index is 11.9. The first kappa shape index (κ1) is 17.7. The molecule has 0 saturated carbocycles. The largest absolute Gasteiger partial charge is 0.507 e. The predicted octanol–water partition coefficient (Wildman–Crippen LogP) is 3.89. The van der Waals surface area contributed by atoms with Crippen LogP contribution in [0.2, 0.25) is 0 Å². The van der Waals surface area contributed by atoms with E-state index >= 15 is 0 Å². The zero-order valence-corrected chi connectivity index (χ0v) is 15.7. The first-order chi connectivity index (χ1) is 12.9. The Hall–Kier alpha value is -2.73. The molecule has 1 aliphatic heterocycles. The van der Waals surface area contributed by atoms with Gasteiger partial charge in [-0.25, -0.2) is 4.79 Å². The summed E-state index contributed by atoms with van der Waals surface area (Å²) in [6, 6.07) is 7.81. The fraction of sp³-hybridized carbons (Fsp3) is 0.381. The third-order valence-electron chi connectivity index (χ3n) is 5.25. The average molecular weight is 369 g/mol. The molecule has 1 aliphatic rings. The van der Waals surface area contributed by atoms with Gasteiger partial charge in [0.15, 0.2) is 11.5 Å². The zero-order chi connectivity index (χ0) is 19.1. The van der Waals surface area contributed by atoms with E-state index in [1.807, 2.05) is 18.2 Å². The molecule has 0 radical (unpaired) electrons. The van der Waals surface area contributed by atoms with E-state index in [1.54, 1.807) is 13.0 Å². The molecule has 6 nitrogen and oxygen atoms in total. The molecular weight excluding hydrogens is 346 g/mol. The van der Waals surface area contributed by atoms with Crippen molar-refractivity contribution in [1.29, 1.82) is 0 Å². The second-order valence-electron chi connectivity index (χ2n) is 7.15. The molecule has 0 spiro atoms. The standard InChI is InChI=1S/C21H23NO5/c1-11-19(23)12(2)21(24)27-20(11)18-9-14-6-7-15(10-17(14)26-18)25-13(3)16-5-4-8-22-16/h6-7,9-10,13,16,22-23H,4-5,8H2,1-3H3. The van der Waals surface area contributed by atoms with Crippen LogP contribution in [0.4, 0.5) is 0 Å². The molecule has 1 aromatic carbocycles. The molecule has 27 heavy (non-hydrogen) atoms. The van der Waals surface area contributed by atoms with Crippen LogP contribution < -0.4 is 15.7 Å². The minimum absolute atomic E-state index is 0.0636. The van der Waals surface area contributed by atoms with Gasteiger partial charge in [-0.2, -0.15) is 0 Å². The molecular formula is C21H23NO5. The Kier molecular flexibility index (Phi) is 4.44. The van der Waals surface area contributed by atoms with Crippen LogP contribution in [0.3, 0.4) is 0 Å². The van der Waals surface area contributed by atoms with E-state index in [2.05, 4.69) is 12.2 Å². The quantitative estimate of drug-likeness (QED) is 0.726. The monoisotopic (exact) mass is 369 g/mol. The van der Waals surface area contributed by atoms with Crippen molar-refractivity contribution in [3.63, 3.8) is 0 Å². The highest BCUT2D eigenvalue weighted by Gasteiger charge is 2.23. The van der Waals surface area contributed by atoms with Crippen molar-refractivity contribution >= 4 is 11.0 Å². The summed E-state index contributed by atoms with van der Waals surface area (Å²) in [6.45, 7) is 6.32. The number of hydrogen-bond acceptors (Lipinski definition) is 6. The van der Waals surface area contributed by atoms with Crippen molar-refractivity contribution in [2.45, 2.75) is 45.8 Å². The predicted molar refractivity (Wildman–Crippen MR) is 102 cm³/mol. The molecule has 4 rings (SSSR count). The van der Waals surface area contributed by atoms with Gasteiger partial charge >= 0.3 is 5.63 Å². The first-order valence-corrected chi connectivity index (χ1v) is 9.21. The van der Waals surface area contributed by atoms with Crippen molar-refractivity contribution in [1.82, 2.24) is 5.32 Å². The molecule has 3 heterocycles. The number of hydrogen-bond donors (Lipinski definition) is 2. The third-order valence-corrected chi connectivity index (χ3v) is 5.25. The van der Waals surface area contributed by atoms with Gasteiger partial charge in [-0.1, -0.05) is 0 Å². The fourth-order valence-electron chi connectivity index (χ4n) is 3.57. The Labute approximate surface area is 156 Å². The molecule has 0 aliphatic carbocycles. The molecule has 2 atom stereocenters. The lowest BCUT2D eigenvalue weighted by molar-refractivity contribution is 0.180. The minimum atomic E-state index is -0.574. The molecule has 3 aromatic rings. The molecule has 2 unspecified atom stereocenters. The van der Waals surface area contributed by atoms with Crippen LogP contribution in [-0.4, -0.2) is 23.8 Å². The van der Waals surface area contributed by atoms with Crippen LogP contribution in [0, 0.1) is 13.8 Å². The Morgan fingerprint density at radius 2 is 2.04 bits per heavy atom. The molecule has 6 heteroatoms. The van der Waals surface area contributed by atoms with Crippen LogP contribution in [0.25, 0.3) is 22.5 Å². The van der Waals surface area contributed by atoms with Gasteiger partial charge in [0.05, 0.1) is 5.56 Å². The van der Waals surface area contributed by atoms with Crippen molar-refractivity contribution in [2.75, 3.05) is 6.54 Å². The highest BCUT2D eigenvalue weighted by Crippen LogP contribution is 2.34. The Bertz CT molecular complexity index is 1040. The lowest BCUT2D eigenvalue weighted by atomic mass is 10.1. The van der Waals surface area contributed by atoms with Gasteiger partial charge in [-0.3, -0.25) is 0 Å². The van der Waals surface area contributed by atoms with Crippen molar-refractivity contribution in [3.8, 4) is 23.0 Å². The highest BCUT2D eigenvalue weighted by atomic mass is 16.5. The summed E-state index contributed by atoms with van der Waals surface area (Å²) in [5, 5.41) is 14.4. The summed E-state index contributed by atoms with van der Waals surface area (Å²) < 4.78 is 17.3. The molecule has 1 fully saturated rings. The minimum Gasteiger partial charge on any atom is -0.507 e. The van der Waals surface area contributed by atoms with Crippen molar-refractivity contribution in [2.24, 2.45) is 0 Å². The van der Waals surface area contributed by atoms with E-state index in [-0.39, 0.29) is 23.2 Å². The Morgan fingerprint density at radius 1 is 1.22 bits per heavy atom. The number of nitrogens with one attached hydrogen (secondary N) is 1. The summed E-state index contributed by atoms with van der Waals surface area (Å²) in [7, 11) is 0. The van der Waals surface area contributed by atoms with E-state index in [9.17, 15) is 9.90 Å². The second kappa shape index (κ2) is 6.78. The molecule has 2 aromatic heterocycles. The third kappa shape index (κ3) is 3.21. The van der Waals surface area contributed by atoms with Crippen LogP contribution in [-0.2, 0) is 0 Å². The van der Waals surface area contributed by atoms with Crippen molar-refractivity contribution < 1.29 is 18.7 Å². The summed E-state index contributed by atoms with van der Waals surface area (Å²) in [6.07, 6.45) is 2.35. The van der Waals surface area contributed by atoms with Crippen LogP contribution in [0.15, 0.2) is 37.9 Å². The molecule has 142 valence electrons.